The smallest absolute Gasteiger partial charge is 0.224 e. The van der Waals surface area contributed by atoms with Gasteiger partial charge in [-0.25, -0.2) is 4.39 Å². The zero-order valence-corrected chi connectivity index (χ0v) is 17.4. The van der Waals surface area contributed by atoms with Crippen molar-refractivity contribution < 1.29 is 14.0 Å². The van der Waals surface area contributed by atoms with Crippen molar-refractivity contribution in [3.63, 3.8) is 0 Å². The van der Waals surface area contributed by atoms with Gasteiger partial charge in [0, 0.05) is 55.8 Å². The predicted molar refractivity (Wildman–Crippen MR) is 115 cm³/mol. The zero-order valence-electron chi connectivity index (χ0n) is 16.7. The van der Waals surface area contributed by atoms with Crippen molar-refractivity contribution in [2.24, 2.45) is 5.92 Å². The van der Waals surface area contributed by atoms with E-state index in [1.54, 1.807) is 12.1 Å². The van der Waals surface area contributed by atoms with Crippen molar-refractivity contribution in [3.8, 4) is 0 Å². The normalized spacial score (nSPS) is 20.7. The van der Waals surface area contributed by atoms with Crippen molar-refractivity contribution in [2.75, 3.05) is 37.6 Å². The molecule has 1 aliphatic heterocycles. The summed E-state index contributed by atoms with van der Waals surface area (Å²) in [6.07, 6.45) is 1.10. The number of nitrogens with zero attached hydrogens (tertiary/aromatic N) is 2. The highest BCUT2D eigenvalue weighted by atomic mass is 35.5. The molecule has 1 aliphatic carbocycles. The largest absolute Gasteiger partial charge is 0.368 e. The summed E-state index contributed by atoms with van der Waals surface area (Å²) in [6.45, 7) is 3.03. The number of hydrogen-bond acceptors (Lipinski definition) is 3. The van der Waals surface area contributed by atoms with Gasteiger partial charge in [-0.3, -0.25) is 9.59 Å². The van der Waals surface area contributed by atoms with E-state index in [0.29, 0.717) is 44.2 Å². The summed E-state index contributed by atoms with van der Waals surface area (Å²) in [6, 6.07) is 14.1. The van der Waals surface area contributed by atoms with Crippen LogP contribution in [0, 0.1) is 11.7 Å². The van der Waals surface area contributed by atoms with Crippen LogP contribution in [0.4, 0.5) is 10.1 Å². The Balaban J connectivity index is 1.17. The van der Waals surface area contributed by atoms with Crippen LogP contribution in [-0.2, 0) is 9.59 Å². The van der Waals surface area contributed by atoms with E-state index in [1.165, 1.54) is 12.1 Å². The number of carbonyl (C=O) groups is 2. The molecule has 2 unspecified atom stereocenters. The van der Waals surface area contributed by atoms with Gasteiger partial charge in [0.15, 0.2) is 0 Å². The number of piperazine rings is 1. The molecule has 30 heavy (non-hydrogen) atoms. The molecular weight excluding hydrogens is 405 g/mol. The van der Waals surface area contributed by atoms with Crippen LogP contribution in [0.25, 0.3) is 0 Å². The number of benzene rings is 2. The molecule has 2 aromatic rings. The van der Waals surface area contributed by atoms with Gasteiger partial charge in [0.25, 0.3) is 0 Å². The Hall–Kier alpha value is -2.60. The van der Waals surface area contributed by atoms with E-state index >= 15 is 0 Å². The fraction of sp³-hybridized carbons (Fsp3) is 0.391. The summed E-state index contributed by atoms with van der Waals surface area (Å²) < 4.78 is 13.1. The number of amides is 2. The minimum absolute atomic E-state index is 0.00570. The lowest BCUT2D eigenvalue weighted by molar-refractivity contribution is -0.131. The topological polar surface area (TPSA) is 52.7 Å². The Labute approximate surface area is 180 Å². The average Bonchev–Trinajstić information content (AvgIpc) is 3.55. The Bertz CT molecular complexity index is 913. The molecule has 0 aromatic heterocycles. The molecule has 1 saturated heterocycles. The average molecular weight is 430 g/mol. The minimum atomic E-state index is -0.251. The molecule has 0 spiro atoms. The Morgan fingerprint density at radius 2 is 1.73 bits per heavy atom. The van der Waals surface area contributed by atoms with Gasteiger partial charge >= 0.3 is 0 Å². The summed E-state index contributed by atoms with van der Waals surface area (Å²) in [5.74, 6) is -0.0893. The molecule has 0 radical (unpaired) electrons. The second-order valence-electron chi connectivity index (χ2n) is 7.86. The van der Waals surface area contributed by atoms with Crippen molar-refractivity contribution in [2.45, 2.75) is 18.8 Å². The molecule has 7 heteroatoms. The molecule has 5 nitrogen and oxygen atoms in total. The van der Waals surface area contributed by atoms with Gasteiger partial charge in [0.2, 0.25) is 11.8 Å². The van der Waals surface area contributed by atoms with Gasteiger partial charge < -0.3 is 15.1 Å². The summed E-state index contributed by atoms with van der Waals surface area (Å²) in [7, 11) is 0. The highest BCUT2D eigenvalue weighted by Gasteiger charge is 2.44. The van der Waals surface area contributed by atoms with Gasteiger partial charge in [-0.1, -0.05) is 29.8 Å². The van der Waals surface area contributed by atoms with E-state index in [-0.39, 0.29) is 29.5 Å². The molecular formula is C23H25ClFN3O2. The fourth-order valence-corrected chi connectivity index (χ4v) is 4.33. The third-order valence-electron chi connectivity index (χ3n) is 5.89. The van der Waals surface area contributed by atoms with Crippen molar-refractivity contribution in [1.82, 2.24) is 10.2 Å². The number of nitrogens with one attached hydrogen (secondary N) is 1. The van der Waals surface area contributed by atoms with Gasteiger partial charge in [0.05, 0.1) is 0 Å². The molecule has 2 aliphatic rings. The van der Waals surface area contributed by atoms with Crippen molar-refractivity contribution in [3.05, 3.63) is 64.9 Å². The predicted octanol–water partition coefficient (Wildman–Crippen LogP) is 3.44. The monoisotopic (exact) mass is 429 g/mol. The number of rotatable bonds is 6. The van der Waals surface area contributed by atoms with Crippen LogP contribution >= 0.6 is 11.6 Å². The maximum atomic E-state index is 13.1. The number of anilines is 1. The molecule has 2 aromatic carbocycles. The molecule has 1 N–H and O–H groups in total. The van der Waals surface area contributed by atoms with E-state index in [1.807, 2.05) is 29.2 Å². The van der Waals surface area contributed by atoms with Gasteiger partial charge in [-0.15, -0.1) is 0 Å². The first-order valence-electron chi connectivity index (χ1n) is 10.3. The zero-order chi connectivity index (χ0) is 21.1. The van der Waals surface area contributed by atoms with Crippen LogP contribution in [0.15, 0.2) is 48.5 Å². The van der Waals surface area contributed by atoms with Gasteiger partial charge in [0.1, 0.15) is 5.82 Å². The molecule has 1 saturated carbocycles. The number of halogens is 2. The summed E-state index contributed by atoms with van der Waals surface area (Å²) >= 11 is 6.22. The first kappa shape index (κ1) is 20.7. The van der Waals surface area contributed by atoms with Gasteiger partial charge in [-0.05, 0) is 48.2 Å². The maximum Gasteiger partial charge on any atom is 0.224 e. The fourth-order valence-electron chi connectivity index (χ4n) is 4.05. The second kappa shape index (κ2) is 9.04. The first-order chi connectivity index (χ1) is 14.5. The van der Waals surface area contributed by atoms with E-state index in [4.69, 9.17) is 11.6 Å². The van der Waals surface area contributed by atoms with E-state index in [9.17, 15) is 14.0 Å². The summed E-state index contributed by atoms with van der Waals surface area (Å²) in [5.41, 5.74) is 1.99. The van der Waals surface area contributed by atoms with Gasteiger partial charge in [-0.2, -0.15) is 0 Å². The molecule has 0 bridgehead atoms. The lowest BCUT2D eigenvalue weighted by atomic mass is 10.1. The van der Waals surface area contributed by atoms with E-state index in [2.05, 4.69) is 10.2 Å². The third-order valence-corrected chi connectivity index (χ3v) is 6.24. The lowest BCUT2D eigenvalue weighted by Gasteiger charge is -2.36. The Morgan fingerprint density at radius 1 is 1.03 bits per heavy atom. The molecule has 158 valence electrons. The van der Waals surface area contributed by atoms with Crippen LogP contribution < -0.4 is 10.2 Å². The molecule has 1 heterocycles. The Morgan fingerprint density at radius 3 is 2.43 bits per heavy atom. The minimum Gasteiger partial charge on any atom is -0.368 e. The summed E-state index contributed by atoms with van der Waals surface area (Å²) in [5, 5.41) is 3.60. The van der Waals surface area contributed by atoms with Crippen molar-refractivity contribution >= 4 is 29.1 Å². The first-order valence-corrected chi connectivity index (χ1v) is 10.7. The van der Waals surface area contributed by atoms with E-state index in [0.717, 1.165) is 17.7 Å². The van der Waals surface area contributed by atoms with Crippen molar-refractivity contribution in [1.29, 1.82) is 0 Å². The maximum absolute atomic E-state index is 13.1. The molecule has 4 rings (SSSR count). The lowest BCUT2D eigenvalue weighted by Crippen LogP contribution is -2.49. The Kier molecular flexibility index (Phi) is 6.23. The molecule has 2 fully saturated rings. The van der Waals surface area contributed by atoms with E-state index < -0.39 is 0 Å². The SMILES string of the molecule is O=C(NCCC(=O)N1CCN(c2ccc(F)cc2)CC1)C1CC1c1ccccc1Cl. The quantitative estimate of drug-likeness (QED) is 0.765. The number of hydrogen-bond donors (Lipinski definition) is 1. The van der Waals surface area contributed by atoms with Crippen LogP contribution in [0.5, 0.6) is 0 Å². The van der Waals surface area contributed by atoms with Crippen LogP contribution in [0.1, 0.15) is 24.3 Å². The molecule has 2 amide bonds. The highest BCUT2D eigenvalue weighted by Crippen LogP contribution is 2.49. The van der Waals surface area contributed by atoms with Crippen LogP contribution in [-0.4, -0.2) is 49.4 Å². The van der Waals surface area contributed by atoms with Crippen LogP contribution in [0.2, 0.25) is 5.02 Å². The molecule has 2 atom stereocenters. The standard InChI is InChI=1S/C23H25ClFN3O2/c24-21-4-2-1-3-18(21)19-15-20(19)23(30)26-10-9-22(29)28-13-11-27(12-14-28)17-7-5-16(25)6-8-17/h1-8,19-20H,9-15H2,(H,26,30). The number of carbonyl (C=O) groups excluding carboxylic acids is 2. The summed E-state index contributed by atoms with van der Waals surface area (Å²) in [4.78, 5) is 28.8. The third kappa shape index (κ3) is 4.75. The van der Waals surface area contributed by atoms with Crippen LogP contribution in [0.3, 0.4) is 0 Å². The highest BCUT2D eigenvalue weighted by molar-refractivity contribution is 6.31. The second-order valence-corrected chi connectivity index (χ2v) is 8.26.